The van der Waals surface area contributed by atoms with Crippen molar-refractivity contribution in [1.29, 1.82) is 0 Å². The van der Waals surface area contributed by atoms with Crippen LogP contribution in [0.4, 0.5) is 0 Å². The lowest BCUT2D eigenvalue weighted by Gasteiger charge is -2.33. The highest BCUT2D eigenvalue weighted by Gasteiger charge is 2.35. The summed E-state index contributed by atoms with van der Waals surface area (Å²) < 4.78 is 11.3. The van der Waals surface area contributed by atoms with E-state index >= 15 is 0 Å². The molecule has 1 aliphatic carbocycles. The van der Waals surface area contributed by atoms with Gasteiger partial charge in [0.25, 0.3) is 5.91 Å². The lowest BCUT2D eigenvalue weighted by molar-refractivity contribution is -0.146. The molecule has 118 valence electrons. The quantitative estimate of drug-likeness (QED) is 0.902. The summed E-state index contributed by atoms with van der Waals surface area (Å²) in [7, 11) is 0. The zero-order valence-corrected chi connectivity index (χ0v) is 12.4. The monoisotopic (exact) mass is 304 g/mol. The van der Waals surface area contributed by atoms with Crippen molar-refractivity contribution in [2.24, 2.45) is 5.73 Å². The second-order valence-corrected chi connectivity index (χ2v) is 5.73. The van der Waals surface area contributed by atoms with Crippen LogP contribution in [0.1, 0.15) is 25.7 Å². The smallest absolute Gasteiger partial charge is 0.267 e. The lowest BCUT2D eigenvalue weighted by Crippen LogP contribution is -2.52. The van der Waals surface area contributed by atoms with E-state index in [1.807, 2.05) is 12.1 Å². The predicted molar refractivity (Wildman–Crippen MR) is 79.5 cm³/mol. The average Bonchev–Trinajstić information content (AvgIpc) is 3.05. The highest BCUT2D eigenvalue weighted by atomic mass is 16.6. The average molecular weight is 304 g/mol. The molecule has 0 bridgehead atoms. The second-order valence-electron chi connectivity index (χ2n) is 5.73. The third kappa shape index (κ3) is 3.00. The zero-order valence-electron chi connectivity index (χ0n) is 12.4. The van der Waals surface area contributed by atoms with Gasteiger partial charge in [-0.1, -0.05) is 25.0 Å². The van der Waals surface area contributed by atoms with Crippen LogP contribution in [-0.4, -0.2) is 42.0 Å². The number of hydrogen-bond donors (Lipinski definition) is 1. The van der Waals surface area contributed by atoms with E-state index in [-0.39, 0.29) is 25.1 Å². The molecule has 1 fully saturated rings. The molecule has 0 radical (unpaired) electrons. The second kappa shape index (κ2) is 6.25. The van der Waals surface area contributed by atoms with Crippen molar-refractivity contribution in [3.05, 3.63) is 24.3 Å². The normalized spacial score (nSPS) is 20.6. The van der Waals surface area contributed by atoms with Crippen molar-refractivity contribution in [3.63, 3.8) is 0 Å². The van der Waals surface area contributed by atoms with Crippen LogP contribution < -0.4 is 15.2 Å². The summed E-state index contributed by atoms with van der Waals surface area (Å²) in [5, 5.41) is 0. The van der Waals surface area contributed by atoms with Crippen LogP contribution in [0.3, 0.4) is 0 Å². The molecular formula is C16H20N2O4. The number of nitrogens with two attached hydrogens (primary N) is 1. The van der Waals surface area contributed by atoms with E-state index in [4.69, 9.17) is 15.2 Å². The van der Waals surface area contributed by atoms with Gasteiger partial charge in [0, 0.05) is 6.04 Å². The van der Waals surface area contributed by atoms with E-state index in [0.717, 1.165) is 25.7 Å². The Balaban J connectivity index is 1.74. The van der Waals surface area contributed by atoms with Crippen molar-refractivity contribution in [2.75, 3.05) is 13.2 Å². The van der Waals surface area contributed by atoms with E-state index in [9.17, 15) is 9.59 Å². The molecule has 0 spiro atoms. The summed E-state index contributed by atoms with van der Waals surface area (Å²) in [4.78, 5) is 25.6. The van der Waals surface area contributed by atoms with Gasteiger partial charge in [-0.3, -0.25) is 9.59 Å². The summed E-state index contributed by atoms with van der Waals surface area (Å²) in [5.74, 6) is 0.462. The van der Waals surface area contributed by atoms with Crippen LogP contribution in [0.5, 0.6) is 11.5 Å². The fraction of sp³-hybridized carbons (Fsp3) is 0.500. The number of nitrogens with zero attached hydrogens (tertiary/aromatic N) is 1. The zero-order chi connectivity index (χ0) is 15.5. The minimum absolute atomic E-state index is 0.0645. The highest BCUT2D eigenvalue weighted by molar-refractivity contribution is 5.87. The minimum atomic E-state index is -0.727. The Morgan fingerprint density at radius 3 is 2.55 bits per heavy atom. The van der Waals surface area contributed by atoms with Crippen molar-refractivity contribution in [3.8, 4) is 11.5 Å². The molecule has 1 aromatic carbocycles. The Morgan fingerprint density at radius 2 is 1.86 bits per heavy atom. The van der Waals surface area contributed by atoms with Crippen LogP contribution in [0.25, 0.3) is 0 Å². The molecule has 1 saturated carbocycles. The molecule has 0 aromatic heterocycles. The van der Waals surface area contributed by atoms with E-state index in [2.05, 4.69) is 0 Å². The number of ether oxygens (including phenoxy) is 2. The Hall–Kier alpha value is -2.24. The molecule has 3 rings (SSSR count). The Kier molecular flexibility index (Phi) is 4.18. The number of rotatable bonds is 4. The fourth-order valence-electron chi connectivity index (χ4n) is 3.10. The number of carbonyl (C=O) groups excluding carboxylic acids is 2. The standard InChI is InChI=1S/C16H20N2O4/c17-15(19)9-18(11-5-1-2-6-11)16(20)14-10-21-12-7-3-4-8-13(12)22-14/h3-4,7-8,11,14H,1-2,5-6,9-10H2,(H2,17,19). The third-order valence-electron chi connectivity index (χ3n) is 4.16. The van der Waals surface area contributed by atoms with Gasteiger partial charge in [0.05, 0.1) is 6.54 Å². The number of amides is 2. The number of para-hydroxylation sites is 2. The largest absolute Gasteiger partial charge is 0.485 e. The van der Waals surface area contributed by atoms with Crippen LogP contribution in [0, 0.1) is 0 Å². The van der Waals surface area contributed by atoms with Gasteiger partial charge >= 0.3 is 0 Å². The molecule has 2 N–H and O–H groups in total. The summed E-state index contributed by atoms with van der Waals surface area (Å²) in [6, 6.07) is 7.31. The fourth-order valence-corrected chi connectivity index (χ4v) is 3.10. The minimum Gasteiger partial charge on any atom is -0.485 e. The van der Waals surface area contributed by atoms with Gasteiger partial charge in [-0.15, -0.1) is 0 Å². The molecule has 22 heavy (non-hydrogen) atoms. The van der Waals surface area contributed by atoms with Crippen molar-refractivity contribution in [2.45, 2.75) is 37.8 Å². The van der Waals surface area contributed by atoms with E-state index < -0.39 is 12.0 Å². The highest BCUT2D eigenvalue weighted by Crippen LogP contribution is 2.32. The molecule has 1 aliphatic heterocycles. The molecular weight excluding hydrogens is 284 g/mol. The Bertz CT molecular complexity index is 569. The van der Waals surface area contributed by atoms with Gasteiger partial charge in [-0.25, -0.2) is 0 Å². The van der Waals surface area contributed by atoms with Gasteiger partial charge < -0.3 is 20.1 Å². The maximum atomic E-state index is 12.7. The SMILES string of the molecule is NC(=O)CN(C(=O)C1COc2ccccc2O1)C1CCCC1. The first kappa shape index (κ1) is 14.7. The van der Waals surface area contributed by atoms with Gasteiger partial charge in [-0.2, -0.15) is 0 Å². The molecule has 6 heteroatoms. The summed E-state index contributed by atoms with van der Waals surface area (Å²) in [6.07, 6.45) is 3.22. The Morgan fingerprint density at radius 1 is 1.18 bits per heavy atom. The summed E-state index contributed by atoms with van der Waals surface area (Å²) in [5.41, 5.74) is 5.30. The summed E-state index contributed by atoms with van der Waals surface area (Å²) in [6.45, 7) is 0.0861. The van der Waals surface area contributed by atoms with Gasteiger partial charge in [0.15, 0.2) is 11.5 Å². The number of hydrogen-bond acceptors (Lipinski definition) is 4. The molecule has 0 saturated heterocycles. The maximum Gasteiger partial charge on any atom is 0.267 e. The molecule has 2 amide bonds. The van der Waals surface area contributed by atoms with E-state index in [0.29, 0.717) is 11.5 Å². The van der Waals surface area contributed by atoms with E-state index in [1.54, 1.807) is 17.0 Å². The third-order valence-corrected chi connectivity index (χ3v) is 4.16. The van der Waals surface area contributed by atoms with Crippen LogP contribution in [-0.2, 0) is 9.59 Å². The molecule has 1 heterocycles. The molecule has 1 unspecified atom stereocenters. The first-order chi connectivity index (χ1) is 10.6. The van der Waals surface area contributed by atoms with Crippen LogP contribution in [0.15, 0.2) is 24.3 Å². The van der Waals surface area contributed by atoms with Crippen molar-refractivity contribution >= 4 is 11.8 Å². The first-order valence-electron chi connectivity index (χ1n) is 7.62. The topological polar surface area (TPSA) is 81.9 Å². The van der Waals surface area contributed by atoms with Gasteiger partial charge in [0.2, 0.25) is 12.0 Å². The lowest BCUT2D eigenvalue weighted by atomic mass is 10.1. The van der Waals surface area contributed by atoms with E-state index in [1.165, 1.54) is 0 Å². The molecule has 2 aliphatic rings. The Labute approximate surface area is 129 Å². The number of fused-ring (bicyclic) bond motifs is 1. The van der Waals surface area contributed by atoms with Gasteiger partial charge in [0.1, 0.15) is 6.61 Å². The van der Waals surface area contributed by atoms with Crippen molar-refractivity contribution < 1.29 is 19.1 Å². The summed E-state index contributed by atoms with van der Waals surface area (Å²) >= 11 is 0. The predicted octanol–water partition coefficient (Wildman–Crippen LogP) is 1.08. The van der Waals surface area contributed by atoms with Gasteiger partial charge in [-0.05, 0) is 25.0 Å². The maximum absolute atomic E-state index is 12.7. The first-order valence-corrected chi connectivity index (χ1v) is 7.62. The molecule has 1 atom stereocenters. The van der Waals surface area contributed by atoms with Crippen LogP contribution >= 0.6 is 0 Å². The molecule has 1 aromatic rings. The van der Waals surface area contributed by atoms with Crippen molar-refractivity contribution in [1.82, 2.24) is 4.90 Å². The van der Waals surface area contributed by atoms with Crippen LogP contribution in [0.2, 0.25) is 0 Å². The molecule has 6 nitrogen and oxygen atoms in total. The number of benzene rings is 1. The number of primary amides is 1. The number of carbonyl (C=O) groups is 2.